The molecule has 8 aromatic rings. The smallest absolute Gasteiger partial charge is 0.161 e. The van der Waals surface area contributed by atoms with E-state index in [-0.39, 0.29) is 5.84 Å². The van der Waals surface area contributed by atoms with Crippen LogP contribution in [-0.4, -0.2) is 33.3 Å². The van der Waals surface area contributed by atoms with E-state index >= 15 is 0 Å². The van der Waals surface area contributed by atoms with Crippen molar-refractivity contribution in [1.82, 2.24) is 15.0 Å². The first-order chi connectivity index (χ1) is 25.1. The molecule has 8 rings (SSSR count). The number of rotatable bonds is 5. The van der Waals surface area contributed by atoms with Crippen LogP contribution in [0.15, 0.2) is 180 Å². The maximum absolute atomic E-state index is 8.57. The monoisotopic (exact) mass is 658 g/mol. The number of amidine groups is 2. The number of nitrogens with zero attached hydrogens (tertiary/aromatic N) is 5. The number of aryl methyl sites for hydroxylation is 1. The molecule has 1 N–H and O–H groups in total. The van der Waals surface area contributed by atoms with Gasteiger partial charge in [0.2, 0.25) is 0 Å². The first kappa shape index (κ1) is 32.6. The van der Waals surface area contributed by atoms with Crippen molar-refractivity contribution in [2.45, 2.75) is 6.92 Å². The Morgan fingerprint density at radius 1 is 0.588 bits per heavy atom. The Balaban J connectivity index is 0.000000520. The molecule has 0 unspecified atom stereocenters. The molecule has 0 spiro atoms. The number of nitrogens with one attached hydrogen (secondary N) is 1. The molecule has 0 aliphatic carbocycles. The summed E-state index contributed by atoms with van der Waals surface area (Å²) in [7, 11) is 0. The zero-order chi connectivity index (χ0) is 35.0. The number of hydrogen-bond donors (Lipinski definition) is 1. The second-order valence-electron chi connectivity index (χ2n) is 12.0. The summed E-state index contributed by atoms with van der Waals surface area (Å²) < 4.78 is 0. The minimum Gasteiger partial charge on any atom is -0.282 e. The largest absolute Gasteiger partial charge is 0.282 e. The number of hydrogen-bond acceptors (Lipinski definition) is 4. The zero-order valence-electron chi connectivity index (χ0n) is 28.1. The van der Waals surface area contributed by atoms with Crippen LogP contribution < -0.4 is 0 Å². The minimum atomic E-state index is 0.129. The van der Waals surface area contributed by atoms with Gasteiger partial charge >= 0.3 is 0 Å². The van der Waals surface area contributed by atoms with E-state index in [9.17, 15) is 0 Å². The highest BCUT2D eigenvalue weighted by atomic mass is 14.9. The normalized spacial score (nSPS) is 11.1. The summed E-state index contributed by atoms with van der Waals surface area (Å²) in [5.41, 5.74) is 10.5. The van der Waals surface area contributed by atoms with Gasteiger partial charge in [-0.05, 0) is 72.3 Å². The van der Waals surface area contributed by atoms with Crippen LogP contribution in [0.3, 0.4) is 0 Å². The Bertz CT molecular complexity index is 2490. The second-order valence-corrected chi connectivity index (χ2v) is 12.0. The predicted octanol–water partition coefficient (Wildman–Crippen LogP) is 10.6. The van der Waals surface area contributed by atoms with Crippen LogP contribution >= 0.6 is 0 Å². The lowest BCUT2D eigenvalue weighted by molar-refractivity contribution is 1.32. The van der Waals surface area contributed by atoms with Gasteiger partial charge in [0.25, 0.3) is 0 Å². The Morgan fingerprint density at radius 2 is 1.22 bits per heavy atom. The summed E-state index contributed by atoms with van der Waals surface area (Å²) in [4.78, 5) is 22.7. The Hall–Kier alpha value is -6.92. The van der Waals surface area contributed by atoms with E-state index in [1.807, 2.05) is 103 Å². The van der Waals surface area contributed by atoms with E-state index in [0.29, 0.717) is 11.4 Å². The number of fused-ring (bicyclic) bond motifs is 3. The van der Waals surface area contributed by atoms with Crippen molar-refractivity contribution in [2.24, 2.45) is 9.98 Å². The fraction of sp³-hybridized carbons (Fsp3) is 0.0222. The second kappa shape index (κ2) is 15.1. The van der Waals surface area contributed by atoms with Gasteiger partial charge in [0.1, 0.15) is 0 Å². The molecule has 0 fully saturated rings. The topological polar surface area (TPSA) is 87.2 Å². The van der Waals surface area contributed by atoms with Crippen molar-refractivity contribution in [3.63, 3.8) is 0 Å². The van der Waals surface area contributed by atoms with Crippen molar-refractivity contribution < 1.29 is 0 Å². The lowest BCUT2D eigenvalue weighted by atomic mass is 9.94. The Labute approximate surface area is 297 Å². The highest BCUT2D eigenvalue weighted by molar-refractivity contribution is 6.12. The highest BCUT2D eigenvalue weighted by Crippen LogP contribution is 2.34. The van der Waals surface area contributed by atoms with E-state index in [4.69, 9.17) is 10.4 Å². The molecule has 0 atom stereocenters. The van der Waals surface area contributed by atoms with Crippen LogP contribution in [0.2, 0.25) is 0 Å². The molecule has 0 amide bonds. The van der Waals surface area contributed by atoms with Gasteiger partial charge in [-0.25, -0.2) is 15.0 Å². The molecule has 0 aliphatic heterocycles. The Morgan fingerprint density at radius 3 is 1.86 bits per heavy atom. The summed E-state index contributed by atoms with van der Waals surface area (Å²) in [6.07, 6.45) is 5.42. The van der Waals surface area contributed by atoms with Crippen LogP contribution in [0.1, 0.15) is 16.7 Å². The lowest BCUT2D eigenvalue weighted by Crippen LogP contribution is -2.04. The quantitative estimate of drug-likeness (QED) is 0.113. The fourth-order valence-electron chi connectivity index (χ4n) is 5.92. The molecule has 3 heterocycles. The molecule has 244 valence electrons. The average molecular weight is 659 g/mol. The number of benzene rings is 5. The van der Waals surface area contributed by atoms with Gasteiger partial charge in [0.05, 0.1) is 16.7 Å². The van der Waals surface area contributed by atoms with Gasteiger partial charge in [0.15, 0.2) is 11.7 Å². The zero-order valence-corrected chi connectivity index (χ0v) is 28.1. The van der Waals surface area contributed by atoms with Gasteiger partial charge in [0, 0.05) is 46.1 Å². The third-order valence-corrected chi connectivity index (χ3v) is 8.50. The molecule has 3 aromatic heterocycles. The summed E-state index contributed by atoms with van der Waals surface area (Å²) in [5.74, 6) is 0.521. The average Bonchev–Trinajstić information content (AvgIpc) is 3.20. The molecule has 0 radical (unpaired) electrons. The lowest BCUT2D eigenvalue weighted by Gasteiger charge is -2.12. The van der Waals surface area contributed by atoms with Gasteiger partial charge < -0.3 is 0 Å². The van der Waals surface area contributed by atoms with Crippen LogP contribution in [0.5, 0.6) is 0 Å². The first-order valence-electron chi connectivity index (χ1n) is 16.6. The fourth-order valence-corrected chi connectivity index (χ4v) is 5.92. The summed E-state index contributed by atoms with van der Waals surface area (Å²) in [6.45, 7) is 5.87. The van der Waals surface area contributed by atoms with Crippen LogP contribution in [0.4, 0.5) is 0 Å². The molecule has 0 saturated carbocycles. The molecule has 0 saturated heterocycles. The van der Waals surface area contributed by atoms with Gasteiger partial charge in [-0.2, -0.15) is 0 Å². The van der Waals surface area contributed by atoms with Crippen molar-refractivity contribution in [1.29, 1.82) is 5.41 Å². The van der Waals surface area contributed by atoms with E-state index in [1.54, 1.807) is 12.4 Å². The van der Waals surface area contributed by atoms with Gasteiger partial charge in [-0.1, -0.05) is 121 Å². The summed E-state index contributed by atoms with van der Waals surface area (Å²) >= 11 is 0. The predicted molar refractivity (Wildman–Crippen MR) is 212 cm³/mol. The van der Waals surface area contributed by atoms with Crippen LogP contribution in [-0.2, 0) is 0 Å². The number of aromatic nitrogens is 3. The molecule has 6 nitrogen and oxygen atoms in total. The highest BCUT2D eigenvalue weighted by Gasteiger charge is 2.14. The SMILES string of the molecule is C=NC(=NC(=N)c1ccccc1)c1cc(-c2ccccc2)cc(-c2ccc(-c3nc4cccnc4c4cnccc34)cc2)c1.Cc1ccccc1. The van der Waals surface area contributed by atoms with E-state index in [2.05, 4.69) is 88.2 Å². The minimum absolute atomic E-state index is 0.129. The van der Waals surface area contributed by atoms with Gasteiger partial charge in [-0.15, -0.1) is 0 Å². The van der Waals surface area contributed by atoms with Gasteiger partial charge in [-0.3, -0.25) is 15.4 Å². The molecule has 51 heavy (non-hydrogen) atoms. The standard InChI is InChI=1S/C38H26N6.C7H8/c1-40-38(44-37(39)28-11-6-3-7-12-28)31-22-29(25-9-4-2-5-10-25)21-30(23-31)26-14-16-27(17-15-26)35-32-18-20-41-24-33(32)36-34(43-35)13-8-19-42-36;1-7-5-3-2-4-6-7/h2-24,39H,1H2;2-6H,1H3. The van der Waals surface area contributed by atoms with E-state index in [1.165, 1.54) is 5.56 Å². The van der Waals surface area contributed by atoms with Crippen molar-refractivity contribution in [2.75, 3.05) is 0 Å². The first-order valence-corrected chi connectivity index (χ1v) is 16.6. The molecule has 0 aliphatic rings. The van der Waals surface area contributed by atoms with E-state index < -0.39 is 0 Å². The number of pyridine rings is 3. The van der Waals surface area contributed by atoms with Crippen LogP contribution in [0, 0.1) is 12.3 Å². The van der Waals surface area contributed by atoms with Crippen molar-refractivity contribution >= 4 is 40.2 Å². The maximum Gasteiger partial charge on any atom is 0.161 e. The summed E-state index contributed by atoms with van der Waals surface area (Å²) in [6, 6.07) is 50.4. The molecular weight excluding hydrogens is 625 g/mol. The van der Waals surface area contributed by atoms with Crippen molar-refractivity contribution in [3.05, 3.63) is 187 Å². The molecule has 6 heteroatoms. The third kappa shape index (κ3) is 7.41. The van der Waals surface area contributed by atoms with Crippen molar-refractivity contribution in [3.8, 4) is 33.5 Å². The Kier molecular flexibility index (Phi) is 9.66. The maximum atomic E-state index is 8.57. The summed E-state index contributed by atoms with van der Waals surface area (Å²) in [5, 5.41) is 10.6. The third-order valence-electron chi connectivity index (χ3n) is 8.50. The molecular formula is C45H34N6. The van der Waals surface area contributed by atoms with Crippen LogP contribution in [0.25, 0.3) is 55.3 Å². The molecule has 5 aromatic carbocycles. The van der Waals surface area contributed by atoms with E-state index in [0.717, 1.165) is 60.9 Å². The molecule has 0 bridgehead atoms. The number of aliphatic imine (C=N–C) groups is 2.